The van der Waals surface area contributed by atoms with Crippen LogP contribution in [0.3, 0.4) is 0 Å². The lowest BCUT2D eigenvalue weighted by molar-refractivity contribution is -0.129. The standard InChI is InChI=1S/C12H23F2N3.C2H6/c1-3-16-6-8-17(9-7-16)11-4-5-15(2)10-12(11,13)14;1-2/h11H,3-10H2,1-2H3;1-2H3. The summed E-state index contributed by atoms with van der Waals surface area (Å²) in [5.74, 6) is -2.55. The van der Waals surface area contributed by atoms with Crippen LogP contribution in [0.15, 0.2) is 0 Å². The molecule has 114 valence electrons. The van der Waals surface area contributed by atoms with Gasteiger partial charge >= 0.3 is 0 Å². The van der Waals surface area contributed by atoms with Gasteiger partial charge in [-0.2, -0.15) is 0 Å². The first-order valence-electron chi connectivity index (χ1n) is 7.55. The Labute approximate surface area is 116 Å². The molecule has 2 rings (SSSR count). The van der Waals surface area contributed by atoms with Crippen LogP contribution in [0.1, 0.15) is 27.2 Å². The Kier molecular flexibility index (Phi) is 6.63. The number of hydrogen-bond acceptors (Lipinski definition) is 3. The molecule has 2 fully saturated rings. The van der Waals surface area contributed by atoms with E-state index in [0.29, 0.717) is 6.42 Å². The summed E-state index contributed by atoms with van der Waals surface area (Å²) in [6.45, 7) is 11.3. The summed E-state index contributed by atoms with van der Waals surface area (Å²) in [6, 6.07) is -0.544. The molecule has 2 heterocycles. The quantitative estimate of drug-likeness (QED) is 0.764. The third kappa shape index (κ3) is 4.36. The number of halogens is 2. The van der Waals surface area contributed by atoms with Gasteiger partial charge < -0.3 is 9.80 Å². The van der Waals surface area contributed by atoms with E-state index in [1.54, 1.807) is 11.9 Å². The molecule has 3 nitrogen and oxygen atoms in total. The summed E-state index contributed by atoms with van der Waals surface area (Å²) < 4.78 is 28.0. The van der Waals surface area contributed by atoms with Crippen molar-refractivity contribution in [2.24, 2.45) is 0 Å². The predicted octanol–water partition coefficient (Wildman–Crippen LogP) is 1.99. The molecule has 1 unspecified atom stereocenters. The monoisotopic (exact) mass is 277 g/mol. The summed E-state index contributed by atoms with van der Waals surface area (Å²) in [6.07, 6.45) is 0.593. The maximum Gasteiger partial charge on any atom is 0.275 e. The largest absolute Gasteiger partial charge is 0.301 e. The van der Waals surface area contributed by atoms with Crippen molar-refractivity contribution in [3.8, 4) is 0 Å². The number of likely N-dealkylation sites (N-methyl/N-ethyl adjacent to an activating group) is 1. The van der Waals surface area contributed by atoms with Crippen LogP contribution in [0.25, 0.3) is 0 Å². The van der Waals surface area contributed by atoms with Crippen molar-refractivity contribution in [2.45, 2.75) is 39.2 Å². The van der Waals surface area contributed by atoms with Gasteiger partial charge in [0.1, 0.15) is 0 Å². The summed E-state index contributed by atoms with van der Waals surface area (Å²) in [7, 11) is 1.78. The van der Waals surface area contributed by atoms with E-state index < -0.39 is 12.0 Å². The second-order valence-corrected chi connectivity index (χ2v) is 5.27. The van der Waals surface area contributed by atoms with Crippen molar-refractivity contribution in [1.82, 2.24) is 14.7 Å². The molecular weight excluding hydrogens is 248 g/mol. The minimum Gasteiger partial charge on any atom is -0.301 e. The van der Waals surface area contributed by atoms with Crippen LogP contribution >= 0.6 is 0 Å². The Bertz CT molecular complexity index is 253. The molecule has 2 aliphatic heterocycles. The topological polar surface area (TPSA) is 9.72 Å². The second-order valence-electron chi connectivity index (χ2n) is 5.27. The molecule has 0 aromatic carbocycles. The molecule has 0 N–H and O–H groups in total. The first kappa shape index (κ1) is 16.8. The average Bonchev–Trinajstić information content (AvgIpc) is 2.40. The Hall–Kier alpha value is -0.260. The van der Waals surface area contributed by atoms with Crippen molar-refractivity contribution >= 4 is 0 Å². The zero-order valence-corrected chi connectivity index (χ0v) is 12.8. The molecule has 0 spiro atoms. The van der Waals surface area contributed by atoms with Gasteiger partial charge in [-0.15, -0.1) is 0 Å². The molecule has 0 amide bonds. The van der Waals surface area contributed by atoms with Gasteiger partial charge in [-0.1, -0.05) is 20.8 Å². The minimum atomic E-state index is -2.55. The first-order chi connectivity index (χ1) is 9.03. The zero-order valence-electron chi connectivity index (χ0n) is 12.8. The highest BCUT2D eigenvalue weighted by Gasteiger charge is 2.46. The average molecular weight is 277 g/mol. The molecule has 0 aromatic rings. The Morgan fingerprint density at radius 1 is 1.05 bits per heavy atom. The Morgan fingerprint density at radius 2 is 1.63 bits per heavy atom. The van der Waals surface area contributed by atoms with Crippen LogP contribution in [0.4, 0.5) is 8.78 Å². The van der Waals surface area contributed by atoms with Crippen molar-refractivity contribution in [1.29, 1.82) is 0 Å². The lowest BCUT2D eigenvalue weighted by atomic mass is 9.98. The maximum atomic E-state index is 14.0. The van der Waals surface area contributed by atoms with E-state index in [4.69, 9.17) is 0 Å². The Morgan fingerprint density at radius 3 is 2.11 bits per heavy atom. The van der Waals surface area contributed by atoms with Gasteiger partial charge in [0.25, 0.3) is 5.92 Å². The SMILES string of the molecule is CC.CCN1CCN(C2CCN(C)CC2(F)F)CC1. The highest BCUT2D eigenvalue weighted by molar-refractivity contribution is 4.93. The van der Waals surface area contributed by atoms with Gasteiger partial charge in [0.15, 0.2) is 0 Å². The molecule has 0 bridgehead atoms. The van der Waals surface area contributed by atoms with Gasteiger partial charge in [-0.3, -0.25) is 4.90 Å². The first-order valence-corrected chi connectivity index (χ1v) is 7.55. The molecule has 5 heteroatoms. The van der Waals surface area contributed by atoms with Gasteiger partial charge in [0.2, 0.25) is 0 Å². The summed E-state index contributed by atoms with van der Waals surface area (Å²) in [4.78, 5) is 6.06. The van der Waals surface area contributed by atoms with E-state index in [9.17, 15) is 8.78 Å². The van der Waals surface area contributed by atoms with Crippen molar-refractivity contribution in [2.75, 3.05) is 52.9 Å². The number of likely N-dealkylation sites (tertiary alicyclic amines) is 1. The van der Waals surface area contributed by atoms with Crippen LogP contribution < -0.4 is 0 Å². The summed E-state index contributed by atoms with van der Waals surface area (Å²) in [5.41, 5.74) is 0. The molecule has 2 saturated heterocycles. The highest BCUT2D eigenvalue weighted by Crippen LogP contribution is 2.31. The number of piperazine rings is 1. The second kappa shape index (κ2) is 7.50. The minimum absolute atomic E-state index is 0.0916. The smallest absolute Gasteiger partial charge is 0.275 e. The van der Waals surface area contributed by atoms with E-state index in [1.165, 1.54) is 0 Å². The van der Waals surface area contributed by atoms with Crippen LogP contribution in [0, 0.1) is 0 Å². The number of piperidine rings is 1. The molecular formula is C14H29F2N3. The molecule has 0 radical (unpaired) electrons. The van der Waals surface area contributed by atoms with Gasteiger partial charge in [-0.25, -0.2) is 8.78 Å². The summed E-state index contributed by atoms with van der Waals surface area (Å²) in [5, 5.41) is 0. The van der Waals surface area contributed by atoms with Crippen LogP contribution in [0.5, 0.6) is 0 Å². The molecule has 19 heavy (non-hydrogen) atoms. The van der Waals surface area contributed by atoms with E-state index in [-0.39, 0.29) is 6.54 Å². The molecule has 0 saturated carbocycles. The number of hydrogen-bond donors (Lipinski definition) is 0. The number of nitrogens with zero attached hydrogens (tertiary/aromatic N) is 3. The molecule has 0 aliphatic carbocycles. The van der Waals surface area contributed by atoms with Crippen LogP contribution in [0.2, 0.25) is 0 Å². The number of alkyl halides is 2. The maximum absolute atomic E-state index is 14.0. The summed E-state index contributed by atoms with van der Waals surface area (Å²) >= 11 is 0. The molecule has 1 atom stereocenters. The van der Waals surface area contributed by atoms with Gasteiger partial charge in [0, 0.05) is 26.2 Å². The van der Waals surface area contributed by atoms with Crippen LogP contribution in [-0.4, -0.2) is 79.5 Å². The van der Waals surface area contributed by atoms with Crippen molar-refractivity contribution in [3.63, 3.8) is 0 Å². The lowest BCUT2D eigenvalue weighted by Gasteiger charge is -2.45. The highest BCUT2D eigenvalue weighted by atomic mass is 19.3. The lowest BCUT2D eigenvalue weighted by Crippen LogP contribution is -2.61. The molecule has 2 aliphatic rings. The fourth-order valence-electron chi connectivity index (χ4n) is 2.94. The fourth-order valence-corrected chi connectivity index (χ4v) is 2.94. The zero-order chi connectivity index (χ0) is 14.5. The van der Waals surface area contributed by atoms with Gasteiger partial charge in [0.05, 0.1) is 12.6 Å². The van der Waals surface area contributed by atoms with E-state index >= 15 is 0 Å². The third-order valence-corrected chi connectivity index (χ3v) is 4.05. The van der Waals surface area contributed by atoms with E-state index in [2.05, 4.69) is 11.8 Å². The fraction of sp³-hybridized carbons (Fsp3) is 1.00. The van der Waals surface area contributed by atoms with Crippen molar-refractivity contribution < 1.29 is 8.78 Å². The van der Waals surface area contributed by atoms with Crippen LogP contribution in [-0.2, 0) is 0 Å². The Balaban J connectivity index is 0.000000861. The van der Waals surface area contributed by atoms with Gasteiger partial charge in [-0.05, 0) is 26.6 Å². The normalized spacial score (nSPS) is 29.7. The molecule has 0 aromatic heterocycles. The van der Waals surface area contributed by atoms with E-state index in [0.717, 1.165) is 39.3 Å². The number of rotatable bonds is 2. The predicted molar refractivity (Wildman–Crippen MR) is 75.9 cm³/mol. The van der Waals surface area contributed by atoms with Crippen molar-refractivity contribution in [3.05, 3.63) is 0 Å². The third-order valence-electron chi connectivity index (χ3n) is 4.05. The van der Waals surface area contributed by atoms with E-state index in [1.807, 2.05) is 18.7 Å².